The summed E-state index contributed by atoms with van der Waals surface area (Å²) in [5.74, 6) is 5.65. The molecule has 0 saturated carbocycles. The second-order valence-electron chi connectivity index (χ2n) is 5.03. The van der Waals surface area contributed by atoms with Gasteiger partial charge in [-0.2, -0.15) is 0 Å². The second kappa shape index (κ2) is 7.38. The van der Waals surface area contributed by atoms with Gasteiger partial charge in [0.1, 0.15) is 11.9 Å². The summed E-state index contributed by atoms with van der Waals surface area (Å²) in [6, 6.07) is 16.5. The molecule has 2 N–H and O–H groups in total. The van der Waals surface area contributed by atoms with Gasteiger partial charge in [-0.05, 0) is 36.4 Å². The molecule has 0 amide bonds. The van der Waals surface area contributed by atoms with Crippen molar-refractivity contribution in [1.29, 1.82) is 0 Å². The van der Waals surface area contributed by atoms with Crippen LogP contribution in [0.25, 0.3) is 11.0 Å². The molecule has 0 saturated heterocycles. The molecule has 0 aliphatic carbocycles. The summed E-state index contributed by atoms with van der Waals surface area (Å²) in [7, 11) is 1.81. The maximum atomic E-state index is 11.0. The topological polar surface area (TPSA) is 76.5 Å². The number of nitrogens with zero attached hydrogens (tertiary/aromatic N) is 1. The number of aldehydes is 1. The number of carbonyl (C=O) groups is 2. The summed E-state index contributed by atoms with van der Waals surface area (Å²) in [6.07, 6.45) is 0.764. The molecule has 1 aromatic heterocycles. The van der Waals surface area contributed by atoms with Crippen molar-refractivity contribution in [2.75, 3.05) is 12.1 Å². The van der Waals surface area contributed by atoms with Gasteiger partial charge in [-0.25, -0.2) is 5.84 Å². The SMILES string of the molecule is CC(=O)c1cc2cc(C=O)ccc2o1.CN(N)c1ccccc1. The Morgan fingerprint density at radius 1 is 1.13 bits per heavy atom. The molecule has 0 aliphatic rings. The number of ketones is 1. The van der Waals surface area contributed by atoms with Crippen LogP contribution in [-0.4, -0.2) is 19.1 Å². The molecule has 23 heavy (non-hydrogen) atoms. The molecule has 0 atom stereocenters. The van der Waals surface area contributed by atoms with E-state index in [1.54, 1.807) is 29.3 Å². The molecule has 3 rings (SSSR count). The van der Waals surface area contributed by atoms with Crippen LogP contribution in [-0.2, 0) is 0 Å². The molecular formula is C18H18N2O3. The lowest BCUT2D eigenvalue weighted by molar-refractivity contribution is 0.0989. The van der Waals surface area contributed by atoms with E-state index < -0.39 is 0 Å². The average Bonchev–Trinajstić information content (AvgIpc) is 2.99. The minimum Gasteiger partial charge on any atom is -0.453 e. The number of nitrogens with two attached hydrogens (primary N) is 1. The molecule has 0 aliphatic heterocycles. The lowest BCUT2D eigenvalue weighted by Gasteiger charge is -2.09. The predicted octanol–water partition coefficient (Wildman–Crippen LogP) is 3.44. The first-order chi connectivity index (χ1) is 11.0. The maximum Gasteiger partial charge on any atom is 0.194 e. The molecule has 3 aromatic rings. The average molecular weight is 310 g/mol. The van der Waals surface area contributed by atoms with Crippen molar-refractivity contribution in [2.24, 2.45) is 5.84 Å². The first-order valence-corrected chi connectivity index (χ1v) is 7.04. The van der Waals surface area contributed by atoms with Crippen LogP contribution in [0.3, 0.4) is 0 Å². The molecule has 5 nitrogen and oxygen atoms in total. The smallest absolute Gasteiger partial charge is 0.194 e. The third kappa shape index (κ3) is 4.28. The standard InChI is InChI=1S/C11H8O3.C7H10N2/c1-7(13)11-5-9-4-8(6-12)2-3-10(9)14-11;1-9(8)7-5-3-2-4-6-7/h2-6H,1H3;2-6H,8H2,1H3. The predicted molar refractivity (Wildman–Crippen MR) is 90.6 cm³/mol. The van der Waals surface area contributed by atoms with Crippen molar-refractivity contribution in [3.63, 3.8) is 0 Å². The molecule has 118 valence electrons. The Morgan fingerprint density at radius 3 is 2.35 bits per heavy atom. The van der Waals surface area contributed by atoms with Crippen LogP contribution >= 0.6 is 0 Å². The number of rotatable bonds is 3. The van der Waals surface area contributed by atoms with Crippen molar-refractivity contribution in [3.8, 4) is 0 Å². The summed E-state index contributed by atoms with van der Waals surface area (Å²) >= 11 is 0. The number of hydrogen-bond acceptors (Lipinski definition) is 5. The summed E-state index contributed by atoms with van der Waals surface area (Å²) < 4.78 is 5.26. The molecular weight excluding hydrogens is 292 g/mol. The van der Waals surface area contributed by atoms with E-state index in [9.17, 15) is 9.59 Å². The van der Waals surface area contributed by atoms with E-state index in [4.69, 9.17) is 10.3 Å². The molecule has 0 radical (unpaired) electrons. The highest BCUT2D eigenvalue weighted by atomic mass is 16.3. The lowest BCUT2D eigenvalue weighted by atomic mass is 10.2. The van der Waals surface area contributed by atoms with Gasteiger partial charge >= 0.3 is 0 Å². The molecule has 1 heterocycles. The monoisotopic (exact) mass is 310 g/mol. The molecule has 5 heteroatoms. The van der Waals surface area contributed by atoms with Gasteiger partial charge in [-0.1, -0.05) is 18.2 Å². The Kier molecular flexibility index (Phi) is 5.28. The van der Waals surface area contributed by atoms with Gasteiger partial charge in [0.15, 0.2) is 11.5 Å². The van der Waals surface area contributed by atoms with Gasteiger partial charge in [0, 0.05) is 24.9 Å². The van der Waals surface area contributed by atoms with Crippen LogP contribution in [0, 0.1) is 0 Å². The van der Waals surface area contributed by atoms with E-state index in [1.807, 2.05) is 37.4 Å². The summed E-state index contributed by atoms with van der Waals surface area (Å²) in [6.45, 7) is 1.44. The van der Waals surface area contributed by atoms with Crippen molar-refractivity contribution >= 4 is 28.7 Å². The van der Waals surface area contributed by atoms with Gasteiger partial charge in [-0.15, -0.1) is 0 Å². The van der Waals surface area contributed by atoms with Crippen LogP contribution in [0.2, 0.25) is 0 Å². The Hall–Kier alpha value is -2.92. The Morgan fingerprint density at radius 2 is 1.83 bits per heavy atom. The quantitative estimate of drug-likeness (QED) is 0.347. The number of hydrogen-bond donors (Lipinski definition) is 1. The van der Waals surface area contributed by atoms with Gasteiger partial charge in [0.25, 0.3) is 0 Å². The zero-order valence-corrected chi connectivity index (χ0v) is 13.0. The highest BCUT2D eigenvalue weighted by molar-refractivity contribution is 5.97. The number of furan rings is 1. The van der Waals surface area contributed by atoms with E-state index in [1.165, 1.54) is 6.92 Å². The number of Topliss-reactive ketones (excluding diaryl/α,β-unsaturated/α-hetero) is 1. The minimum atomic E-state index is -0.117. The number of anilines is 1. The van der Waals surface area contributed by atoms with Crippen molar-refractivity contribution < 1.29 is 14.0 Å². The molecule has 0 fully saturated rings. The van der Waals surface area contributed by atoms with E-state index in [2.05, 4.69) is 0 Å². The first kappa shape index (κ1) is 16.5. The fourth-order valence-electron chi connectivity index (χ4n) is 1.97. The molecule has 0 bridgehead atoms. The third-order valence-electron chi connectivity index (χ3n) is 3.19. The highest BCUT2D eigenvalue weighted by Gasteiger charge is 2.07. The fourth-order valence-corrected chi connectivity index (χ4v) is 1.97. The summed E-state index contributed by atoms with van der Waals surface area (Å²) in [4.78, 5) is 21.5. The van der Waals surface area contributed by atoms with Crippen LogP contribution in [0.5, 0.6) is 0 Å². The first-order valence-electron chi connectivity index (χ1n) is 7.04. The van der Waals surface area contributed by atoms with Crippen molar-refractivity contribution in [3.05, 3.63) is 65.9 Å². The largest absolute Gasteiger partial charge is 0.453 e. The number of benzene rings is 2. The zero-order valence-electron chi connectivity index (χ0n) is 13.0. The van der Waals surface area contributed by atoms with Crippen molar-refractivity contribution in [1.82, 2.24) is 0 Å². The van der Waals surface area contributed by atoms with E-state index in [0.29, 0.717) is 16.9 Å². The Bertz CT molecular complexity index is 808. The number of fused-ring (bicyclic) bond motifs is 1. The number of para-hydroxylation sites is 1. The van der Waals surface area contributed by atoms with Gasteiger partial charge < -0.3 is 9.43 Å². The Balaban J connectivity index is 0.000000185. The summed E-state index contributed by atoms with van der Waals surface area (Å²) in [5, 5.41) is 2.36. The van der Waals surface area contributed by atoms with Gasteiger partial charge in [0.2, 0.25) is 0 Å². The third-order valence-corrected chi connectivity index (χ3v) is 3.19. The molecule has 0 spiro atoms. The molecule has 2 aromatic carbocycles. The Labute approximate surface area is 134 Å². The fraction of sp³-hybridized carbons (Fsp3) is 0.111. The zero-order chi connectivity index (χ0) is 16.8. The number of hydrazine groups is 1. The lowest BCUT2D eigenvalue weighted by Crippen LogP contribution is -2.24. The van der Waals surface area contributed by atoms with Crippen LogP contribution in [0.15, 0.2) is 59.0 Å². The van der Waals surface area contributed by atoms with Crippen LogP contribution in [0.4, 0.5) is 5.69 Å². The van der Waals surface area contributed by atoms with Gasteiger partial charge in [0.05, 0.1) is 5.69 Å². The second-order valence-corrected chi connectivity index (χ2v) is 5.03. The maximum absolute atomic E-state index is 11.0. The van der Waals surface area contributed by atoms with Crippen molar-refractivity contribution in [2.45, 2.75) is 6.92 Å². The molecule has 0 unspecified atom stereocenters. The number of carbonyl (C=O) groups excluding carboxylic acids is 2. The van der Waals surface area contributed by atoms with E-state index in [0.717, 1.165) is 17.4 Å². The van der Waals surface area contributed by atoms with Crippen LogP contribution in [0.1, 0.15) is 27.8 Å². The normalized spacial score (nSPS) is 9.87. The highest BCUT2D eigenvalue weighted by Crippen LogP contribution is 2.20. The van der Waals surface area contributed by atoms with Crippen LogP contribution < -0.4 is 10.9 Å². The van der Waals surface area contributed by atoms with E-state index in [-0.39, 0.29) is 5.78 Å². The summed E-state index contributed by atoms with van der Waals surface area (Å²) in [5.41, 5.74) is 2.23. The van der Waals surface area contributed by atoms with Gasteiger partial charge in [-0.3, -0.25) is 9.59 Å². The van der Waals surface area contributed by atoms with E-state index >= 15 is 0 Å². The minimum absolute atomic E-state index is 0.117.